The van der Waals surface area contributed by atoms with E-state index in [9.17, 15) is 9.59 Å². The van der Waals surface area contributed by atoms with Crippen molar-refractivity contribution in [2.24, 2.45) is 0 Å². The molecule has 3 rings (SSSR count). The maximum atomic E-state index is 12.4. The highest BCUT2D eigenvalue weighted by Crippen LogP contribution is 2.17. The Kier molecular flexibility index (Phi) is 7.81. The van der Waals surface area contributed by atoms with E-state index in [1.165, 1.54) is 0 Å². The molecular formula is C24H24BrN3O3. The quantitative estimate of drug-likeness (QED) is 0.485. The number of hydrogen-bond donors (Lipinski definition) is 2. The smallest absolute Gasteiger partial charge is 0.255 e. The molecule has 2 N–H and O–H groups in total. The number of likely N-dealkylation sites (N-methyl/N-ethyl adjacent to an activating group) is 1. The third-order valence-corrected chi connectivity index (χ3v) is 5.09. The minimum Gasteiger partial charge on any atom is -0.497 e. The summed E-state index contributed by atoms with van der Waals surface area (Å²) in [5.74, 6) is 0.382. The zero-order chi connectivity index (χ0) is 22.2. The molecule has 0 aliphatic heterocycles. The minimum atomic E-state index is -0.225. The van der Waals surface area contributed by atoms with Crippen molar-refractivity contribution < 1.29 is 14.3 Å². The standard InChI is InChI=1S/C24H24BrN3O3/c1-28(15-17-3-7-19(25)8-4-17)16-23(29)26-20-9-5-18(6-10-20)24(30)27-21-11-13-22(31-2)14-12-21/h3-14H,15-16H2,1-2H3,(H,26,29)(H,27,30). The van der Waals surface area contributed by atoms with Crippen LogP contribution in [0, 0.1) is 0 Å². The topological polar surface area (TPSA) is 70.7 Å². The summed E-state index contributed by atoms with van der Waals surface area (Å²) in [5.41, 5.74) is 2.95. The average molecular weight is 482 g/mol. The maximum Gasteiger partial charge on any atom is 0.255 e. The van der Waals surface area contributed by atoms with E-state index in [1.54, 1.807) is 55.6 Å². The summed E-state index contributed by atoms with van der Waals surface area (Å²) in [4.78, 5) is 26.7. The third-order valence-electron chi connectivity index (χ3n) is 4.56. The van der Waals surface area contributed by atoms with Crippen LogP contribution in [0.2, 0.25) is 0 Å². The van der Waals surface area contributed by atoms with E-state index < -0.39 is 0 Å². The van der Waals surface area contributed by atoms with Crippen molar-refractivity contribution in [2.45, 2.75) is 6.54 Å². The molecule has 3 aromatic rings. The van der Waals surface area contributed by atoms with Crippen molar-refractivity contribution in [3.05, 3.63) is 88.4 Å². The van der Waals surface area contributed by atoms with Crippen LogP contribution < -0.4 is 15.4 Å². The molecule has 0 atom stereocenters. The van der Waals surface area contributed by atoms with Gasteiger partial charge in [0.2, 0.25) is 5.91 Å². The van der Waals surface area contributed by atoms with Crippen LogP contribution in [0.3, 0.4) is 0 Å². The molecule has 7 heteroatoms. The molecular weight excluding hydrogens is 458 g/mol. The molecule has 0 bridgehead atoms. The molecule has 0 fully saturated rings. The van der Waals surface area contributed by atoms with Gasteiger partial charge in [-0.2, -0.15) is 0 Å². The Bertz CT molecular complexity index is 1020. The van der Waals surface area contributed by atoms with Crippen LogP contribution >= 0.6 is 15.9 Å². The van der Waals surface area contributed by atoms with E-state index in [1.807, 2.05) is 36.2 Å². The van der Waals surface area contributed by atoms with Gasteiger partial charge in [0, 0.05) is 28.0 Å². The fourth-order valence-electron chi connectivity index (χ4n) is 2.99. The molecule has 160 valence electrons. The summed E-state index contributed by atoms with van der Waals surface area (Å²) in [6.07, 6.45) is 0. The minimum absolute atomic E-state index is 0.116. The average Bonchev–Trinajstić information content (AvgIpc) is 2.76. The Morgan fingerprint density at radius 1 is 0.871 bits per heavy atom. The SMILES string of the molecule is COc1ccc(NC(=O)c2ccc(NC(=O)CN(C)Cc3ccc(Br)cc3)cc2)cc1. The normalized spacial score (nSPS) is 10.6. The number of benzene rings is 3. The van der Waals surface area contributed by atoms with Gasteiger partial charge in [0.05, 0.1) is 13.7 Å². The van der Waals surface area contributed by atoms with Crippen LogP contribution in [-0.4, -0.2) is 37.4 Å². The Hall–Kier alpha value is -3.16. The maximum absolute atomic E-state index is 12.4. The number of methoxy groups -OCH3 is 1. The Balaban J connectivity index is 1.50. The molecule has 0 unspecified atom stereocenters. The molecule has 0 aromatic heterocycles. The van der Waals surface area contributed by atoms with E-state index in [0.717, 1.165) is 15.8 Å². The lowest BCUT2D eigenvalue weighted by Crippen LogP contribution is -2.29. The van der Waals surface area contributed by atoms with Gasteiger partial charge in [-0.15, -0.1) is 0 Å². The number of nitrogens with zero attached hydrogens (tertiary/aromatic N) is 1. The van der Waals surface area contributed by atoms with Crippen molar-refractivity contribution in [2.75, 3.05) is 31.3 Å². The van der Waals surface area contributed by atoms with Crippen molar-refractivity contribution >= 4 is 39.1 Å². The van der Waals surface area contributed by atoms with Gasteiger partial charge in [0.15, 0.2) is 0 Å². The first-order valence-corrected chi connectivity index (χ1v) is 10.5. The predicted octanol–water partition coefficient (Wildman–Crippen LogP) is 4.78. The van der Waals surface area contributed by atoms with Gasteiger partial charge in [-0.3, -0.25) is 14.5 Å². The van der Waals surface area contributed by atoms with E-state index in [-0.39, 0.29) is 18.4 Å². The lowest BCUT2D eigenvalue weighted by atomic mass is 10.2. The van der Waals surface area contributed by atoms with Crippen molar-refractivity contribution in [3.8, 4) is 5.75 Å². The van der Waals surface area contributed by atoms with E-state index >= 15 is 0 Å². The van der Waals surface area contributed by atoms with E-state index in [0.29, 0.717) is 23.5 Å². The summed E-state index contributed by atoms with van der Waals surface area (Å²) in [7, 11) is 3.49. The van der Waals surface area contributed by atoms with E-state index in [2.05, 4.69) is 26.6 Å². The van der Waals surface area contributed by atoms with Crippen LogP contribution in [0.5, 0.6) is 5.75 Å². The van der Waals surface area contributed by atoms with Crippen molar-refractivity contribution in [1.82, 2.24) is 4.90 Å². The van der Waals surface area contributed by atoms with Crippen LogP contribution in [0.15, 0.2) is 77.3 Å². The zero-order valence-corrected chi connectivity index (χ0v) is 19.0. The molecule has 31 heavy (non-hydrogen) atoms. The fraction of sp³-hybridized carbons (Fsp3) is 0.167. The number of carbonyl (C=O) groups is 2. The lowest BCUT2D eigenvalue weighted by Gasteiger charge is -2.16. The predicted molar refractivity (Wildman–Crippen MR) is 126 cm³/mol. The second-order valence-electron chi connectivity index (χ2n) is 7.11. The monoisotopic (exact) mass is 481 g/mol. The highest BCUT2D eigenvalue weighted by atomic mass is 79.9. The van der Waals surface area contributed by atoms with Gasteiger partial charge in [-0.25, -0.2) is 0 Å². The summed E-state index contributed by atoms with van der Waals surface area (Å²) in [6.45, 7) is 0.931. The molecule has 0 spiro atoms. The number of halogens is 1. The lowest BCUT2D eigenvalue weighted by molar-refractivity contribution is -0.117. The number of nitrogens with one attached hydrogen (secondary N) is 2. The van der Waals surface area contributed by atoms with Gasteiger partial charge in [0.25, 0.3) is 5.91 Å². The van der Waals surface area contributed by atoms with Crippen molar-refractivity contribution in [1.29, 1.82) is 0 Å². The second-order valence-corrected chi connectivity index (χ2v) is 8.02. The molecule has 2 amide bonds. The summed E-state index contributed by atoms with van der Waals surface area (Å²) < 4.78 is 6.14. The van der Waals surface area contributed by atoms with Crippen LogP contribution in [-0.2, 0) is 11.3 Å². The first-order valence-electron chi connectivity index (χ1n) is 9.71. The number of ether oxygens (including phenoxy) is 1. The third kappa shape index (κ3) is 6.94. The number of anilines is 2. The number of amides is 2. The molecule has 0 aliphatic carbocycles. The summed E-state index contributed by atoms with van der Waals surface area (Å²) in [5, 5.41) is 5.69. The summed E-state index contributed by atoms with van der Waals surface area (Å²) in [6, 6.07) is 21.9. The highest BCUT2D eigenvalue weighted by Gasteiger charge is 2.10. The Labute approximate surface area is 190 Å². The van der Waals surface area contributed by atoms with E-state index in [4.69, 9.17) is 4.74 Å². The molecule has 3 aromatic carbocycles. The van der Waals surface area contributed by atoms with Gasteiger partial charge in [0.1, 0.15) is 5.75 Å². The zero-order valence-electron chi connectivity index (χ0n) is 17.4. The molecule has 0 heterocycles. The van der Waals surface area contributed by atoms with Crippen molar-refractivity contribution in [3.63, 3.8) is 0 Å². The number of hydrogen-bond acceptors (Lipinski definition) is 4. The molecule has 0 aliphatic rings. The van der Waals surface area contributed by atoms with Gasteiger partial charge >= 0.3 is 0 Å². The molecule has 0 saturated heterocycles. The number of carbonyl (C=O) groups excluding carboxylic acids is 2. The van der Waals surface area contributed by atoms with Gasteiger partial charge < -0.3 is 15.4 Å². The van der Waals surface area contributed by atoms with Gasteiger partial charge in [-0.1, -0.05) is 28.1 Å². The van der Waals surface area contributed by atoms with Gasteiger partial charge in [-0.05, 0) is 73.3 Å². The largest absolute Gasteiger partial charge is 0.497 e. The molecule has 0 saturated carbocycles. The van der Waals surface area contributed by atoms with Crippen LogP contribution in [0.4, 0.5) is 11.4 Å². The fourth-order valence-corrected chi connectivity index (χ4v) is 3.25. The summed E-state index contributed by atoms with van der Waals surface area (Å²) >= 11 is 3.42. The van der Waals surface area contributed by atoms with Crippen LogP contribution in [0.25, 0.3) is 0 Å². The highest BCUT2D eigenvalue weighted by molar-refractivity contribution is 9.10. The number of rotatable bonds is 8. The Morgan fingerprint density at radius 2 is 1.45 bits per heavy atom. The van der Waals surface area contributed by atoms with Crippen LogP contribution in [0.1, 0.15) is 15.9 Å². The first-order chi connectivity index (χ1) is 14.9. The first kappa shape index (κ1) is 22.5. The molecule has 0 radical (unpaired) electrons. The molecule has 6 nitrogen and oxygen atoms in total. The Morgan fingerprint density at radius 3 is 2.06 bits per heavy atom. The second kappa shape index (κ2) is 10.7.